The molecular formula is C14H21N3O2. The first-order valence-corrected chi connectivity index (χ1v) is 6.36. The summed E-state index contributed by atoms with van der Waals surface area (Å²) in [6.07, 6.45) is 0. The van der Waals surface area contributed by atoms with Crippen LogP contribution >= 0.6 is 0 Å². The summed E-state index contributed by atoms with van der Waals surface area (Å²) >= 11 is 0. The van der Waals surface area contributed by atoms with Gasteiger partial charge < -0.3 is 16.4 Å². The minimum Gasteiger partial charge on any atom is -0.350 e. The molecule has 0 radical (unpaired) electrons. The molecule has 1 atom stereocenters. The van der Waals surface area contributed by atoms with Gasteiger partial charge in [-0.2, -0.15) is 0 Å². The Labute approximate surface area is 113 Å². The molecule has 0 aromatic heterocycles. The van der Waals surface area contributed by atoms with Crippen LogP contribution in [-0.2, 0) is 4.79 Å². The van der Waals surface area contributed by atoms with Crippen molar-refractivity contribution in [2.75, 3.05) is 11.9 Å². The maximum atomic E-state index is 11.7. The monoisotopic (exact) mass is 263 g/mol. The van der Waals surface area contributed by atoms with Crippen molar-refractivity contribution >= 4 is 17.5 Å². The Morgan fingerprint density at radius 3 is 2.21 bits per heavy atom. The molecule has 0 aliphatic heterocycles. The predicted octanol–water partition coefficient (Wildman–Crippen LogP) is 1.36. The highest BCUT2D eigenvalue weighted by Gasteiger charge is 2.11. The van der Waals surface area contributed by atoms with Gasteiger partial charge in [-0.05, 0) is 38.1 Å². The lowest BCUT2D eigenvalue weighted by atomic mass is 10.1. The fourth-order valence-corrected chi connectivity index (χ4v) is 1.42. The van der Waals surface area contributed by atoms with Crippen molar-refractivity contribution in [3.63, 3.8) is 0 Å². The largest absolute Gasteiger partial charge is 0.350 e. The van der Waals surface area contributed by atoms with Crippen molar-refractivity contribution in [1.29, 1.82) is 0 Å². The van der Waals surface area contributed by atoms with Gasteiger partial charge in [-0.25, -0.2) is 0 Å². The number of benzene rings is 1. The lowest BCUT2D eigenvalue weighted by Gasteiger charge is -2.11. The van der Waals surface area contributed by atoms with E-state index in [1.165, 1.54) is 0 Å². The molecule has 0 saturated carbocycles. The van der Waals surface area contributed by atoms with Crippen LogP contribution < -0.4 is 16.4 Å². The minimum absolute atomic E-state index is 0.0947. The summed E-state index contributed by atoms with van der Waals surface area (Å²) in [6, 6.07) is 6.87. The average molecular weight is 263 g/mol. The van der Waals surface area contributed by atoms with Gasteiger partial charge >= 0.3 is 0 Å². The molecule has 1 aromatic rings. The zero-order chi connectivity index (χ0) is 14.4. The predicted molar refractivity (Wildman–Crippen MR) is 75.9 cm³/mol. The van der Waals surface area contributed by atoms with Crippen molar-refractivity contribution in [2.24, 2.45) is 11.7 Å². The summed E-state index contributed by atoms with van der Waals surface area (Å²) in [5.74, 6) is -0.478. The van der Waals surface area contributed by atoms with E-state index in [0.717, 1.165) is 0 Å². The van der Waals surface area contributed by atoms with Gasteiger partial charge in [0.05, 0.1) is 0 Å². The van der Waals surface area contributed by atoms with E-state index < -0.39 is 0 Å². The standard InChI is InChI=1S/C14H21N3O2/c1-9(2)16-14(19)11-4-6-12(7-5-11)17-13(18)10(3)8-15/h4-7,9-10H,8,15H2,1-3H3,(H,16,19)(H,17,18). The third kappa shape index (κ3) is 4.71. The van der Waals surface area contributed by atoms with Gasteiger partial charge in [0.2, 0.25) is 5.91 Å². The van der Waals surface area contributed by atoms with Crippen LogP contribution in [0.2, 0.25) is 0 Å². The van der Waals surface area contributed by atoms with E-state index in [0.29, 0.717) is 17.8 Å². The number of hydrogen-bond acceptors (Lipinski definition) is 3. The van der Waals surface area contributed by atoms with E-state index in [1.54, 1.807) is 31.2 Å². The topological polar surface area (TPSA) is 84.2 Å². The normalized spacial score (nSPS) is 12.1. The third-order valence-electron chi connectivity index (χ3n) is 2.64. The Kier molecular flexibility index (Phi) is 5.51. The van der Waals surface area contributed by atoms with Crippen LogP contribution in [0.5, 0.6) is 0 Å². The smallest absolute Gasteiger partial charge is 0.251 e. The van der Waals surface area contributed by atoms with Crippen molar-refractivity contribution in [1.82, 2.24) is 5.32 Å². The highest BCUT2D eigenvalue weighted by Crippen LogP contribution is 2.11. The van der Waals surface area contributed by atoms with Crippen molar-refractivity contribution in [2.45, 2.75) is 26.8 Å². The summed E-state index contributed by atoms with van der Waals surface area (Å²) in [6.45, 7) is 5.88. The van der Waals surface area contributed by atoms with Gasteiger partial charge in [0.25, 0.3) is 5.91 Å². The lowest BCUT2D eigenvalue weighted by Crippen LogP contribution is -2.30. The average Bonchev–Trinajstić information content (AvgIpc) is 2.37. The van der Waals surface area contributed by atoms with Crippen LogP contribution in [0.4, 0.5) is 5.69 Å². The third-order valence-corrected chi connectivity index (χ3v) is 2.64. The van der Waals surface area contributed by atoms with Crippen LogP contribution in [0.1, 0.15) is 31.1 Å². The molecule has 2 amide bonds. The molecular weight excluding hydrogens is 242 g/mol. The van der Waals surface area contributed by atoms with E-state index >= 15 is 0 Å². The molecule has 0 spiro atoms. The molecule has 5 nitrogen and oxygen atoms in total. The van der Waals surface area contributed by atoms with E-state index in [4.69, 9.17) is 5.73 Å². The van der Waals surface area contributed by atoms with Crippen molar-refractivity contribution in [3.05, 3.63) is 29.8 Å². The van der Waals surface area contributed by atoms with E-state index in [2.05, 4.69) is 10.6 Å². The highest BCUT2D eigenvalue weighted by molar-refractivity contribution is 5.96. The fourth-order valence-electron chi connectivity index (χ4n) is 1.42. The van der Waals surface area contributed by atoms with E-state index in [-0.39, 0.29) is 23.8 Å². The van der Waals surface area contributed by atoms with Gasteiger partial charge in [-0.1, -0.05) is 6.92 Å². The first-order valence-electron chi connectivity index (χ1n) is 6.36. The molecule has 0 aliphatic rings. The molecule has 19 heavy (non-hydrogen) atoms. The van der Waals surface area contributed by atoms with Gasteiger partial charge in [-0.15, -0.1) is 0 Å². The Morgan fingerprint density at radius 1 is 1.16 bits per heavy atom. The number of amides is 2. The molecule has 1 unspecified atom stereocenters. The van der Waals surface area contributed by atoms with E-state index in [9.17, 15) is 9.59 Å². The molecule has 0 fully saturated rings. The van der Waals surface area contributed by atoms with Crippen LogP contribution in [0.3, 0.4) is 0 Å². The Hall–Kier alpha value is -1.88. The summed E-state index contributed by atoms with van der Waals surface area (Å²) in [7, 11) is 0. The second-order valence-corrected chi connectivity index (χ2v) is 4.83. The molecule has 104 valence electrons. The number of carbonyl (C=O) groups excluding carboxylic acids is 2. The molecule has 0 saturated heterocycles. The first-order chi connectivity index (χ1) is 8.93. The van der Waals surface area contributed by atoms with Gasteiger partial charge in [-0.3, -0.25) is 9.59 Å². The molecule has 0 heterocycles. The van der Waals surface area contributed by atoms with Crippen LogP contribution in [-0.4, -0.2) is 24.4 Å². The lowest BCUT2D eigenvalue weighted by molar-refractivity contribution is -0.119. The maximum absolute atomic E-state index is 11.7. The summed E-state index contributed by atoms with van der Waals surface area (Å²) < 4.78 is 0. The fraction of sp³-hybridized carbons (Fsp3) is 0.429. The molecule has 0 aliphatic carbocycles. The molecule has 5 heteroatoms. The van der Waals surface area contributed by atoms with Crippen LogP contribution in [0, 0.1) is 5.92 Å². The summed E-state index contributed by atoms with van der Waals surface area (Å²) in [4.78, 5) is 23.4. The molecule has 1 rings (SSSR count). The Morgan fingerprint density at radius 2 is 1.74 bits per heavy atom. The number of hydrogen-bond donors (Lipinski definition) is 3. The number of carbonyl (C=O) groups is 2. The summed E-state index contributed by atoms with van der Waals surface area (Å²) in [5, 5.41) is 5.55. The zero-order valence-corrected chi connectivity index (χ0v) is 11.6. The minimum atomic E-state index is -0.232. The highest BCUT2D eigenvalue weighted by atomic mass is 16.2. The first kappa shape index (κ1) is 15.2. The second kappa shape index (κ2) is 6.89. The zero-order valence-electron chi connectivity index (χ0n) is 11.6. The number of nitrogens with one attached hydrogen (secondary N) is 2. The summed E-state index contributed by atoms with van der Waals surface area (Å²) in [5.41, 5.74) is 6.65. The van der Waals surface area contributed by atoms with Crippen molar-refractivity contribution in [3.8, 4) is 0 Å². The number of anilines is 1. The molecule has 0 bridgehead atoms. The van der Waals surface area contributed by atoms with Gasteiger partial charge in [0, 0.05) is 29.8 Å². The number of rotatable bonds is 5. The molecule has 1 aromatic carbocycles. The van der Waals surface area contributed by atoms with Crippen LogP contribution in [0.15, 0.2) is 24.3 Å². The van der Waals surface area contributed by atoms with Gasteiger partial charge in [0.15, 0.2) is 0 Å². The maximum Gasteiger partial charge on any atom is 0.251 e. The quantitative estimate of drug-likeness (QED) is 0.750. The Balaban J connectivity index is 2.66. The second-order valence-electron chi connectivity index (χ2n) is 4.83. The Bertz CT molecular complexity index is 441. The molecule has 4 N–H and O–H groups in total. The van der Waals surface area contributed by atoms with Crippen LogP contribution in [0.25, 0.3) is 0 Å². The SMILES string of the molecule is CC(C)NC(=O)c1ccc(NC(=O)C(C)CN)cc1. The van der Waals surface area contributed by atoms with Crippen molar-refractivity contribution < 1.29 is 9.59 Å². The van der Waals surface area contributed by atoms with Gasteiger partial charge in [0.1, 0.15) is 0 Å². The van der Waals surface area contributed by atoms with E-state index in [1.807, 2.05) is 13.8 Å². The number of nitrogens with two attached hydrogens (primary N) is 1.